The lowest BCUT2D eigenvalue weighted by Crippen LogP contribution is -2.58. The van der Waals surface area contributed by atoms with Crippen LogP contribution in [0.4, 0.5) is 5.69 Å². The van der Waals surface area contributed by atoms with Crippen molar-refractivity contribution in [2.24, 2.45) is 17.8 Å². The molecule has 0 aromatic heterocycles. The minimum absolute atomic E-state index is 0.245. The molecule has 0 heterocycles. The first-order chi connectivity index (χ1) is 10.1. The van der Waals surface area contributed by atoms with Crippen LogP contribution in [-0.4, -0.2) is 10.5 Å². The van der Waals surface area contributed by atoms with Gasteiger partial charge in [-0.25, -0.2) is 0 Å². The molecule has 0 spiro atoms. The summed E-state index contributed by atoms with van der Waals surface area (Å²) in [4.78, 5) is 10.9. The number of hydrogen-bond donors (Lipinski definition) is 1. The van der Waals surface area contributed by atoms with Gasteiger partial charge in [-0.3, -0.25) is 10.1 Å². The Morgan fingerprint density at radius 2 is 1.67 bits per heavy atom. The van der Waals surface area contributed by atoms with Crippen LogP contribution < -0.4 is 5.32 Å². The van der Waals surface area contributed by atoms with E-state index in [-0.39, 0.29) is 16.1 Å². The standard InChI is InChI=1S/C17H22N2O2/c20-19(21)16-4-2-1-3-15(16)11-18-17-8-12-5-13(9-17)7-14(6-12)10-17/h1-4,12-14,18H,5-11H2. The summed E-state index contributed by atoms with van der Waals surface area (Å²) in [5, 5.41) is 14.9. The van der Waals surface area contributed by atoms with Crippen LogP contribution in [0.2, 0.25) is 0 Å². The summed E-state index contributed by atoms with van der Waals surface area (Å²) in [6.45, 7) is 0.628. The molecule has 0 atom stereocenters. The number of rotatable bonds is 4. The molecule has 4 fully saturated rings. The van der Waals surface area contributed by atoms with Crippen LogP contribution >= 0.6 is 0 Å². The van der Waals surface area contributed by atoms with Crippen LogP contribution in [-0.2, 0) is 6.54 Å². The lowest BCUT2D eigenvalue weighted by atomic mass is 9.53. The van der Waals surface area contributed by atoms with Crippen LogP contribution in [0.1, 0.15) is 44.1 Å². The number of benzene rings is 1. The molecule has 5 rings (SSSR count). The minimum atomic E-state index is -0.267. The third-order valence-electron chi connectivity index (χ3n) is 5.88. The molecule has 4 heteroatoms. The second kappa shape index (κ2) is 4.80. The smallest absolute Gasteiger partial charge is 0.273 e. The summed E-state index contributed by atoms with van der Waals surface area (Å²) < 4.78 is 0. The van der Waals surface area contributed by atoms with Crippen molar-refractivity contribution in [3.05, 3.63) is 39.9 Å². The largest absolute Gasteiger partial charge is 0.307 e. The average Bonchev–Trinajstić information content (AvgIpc) is 2.44. The fraction of sp³-hybridized carbons (Fsp3) is 0.647. The topological polar surface area (TPSA) is 55.2 Å². The first kappa shape index (κ1) is 13.3. The van der Waals surface area contributed by atoms with Gasteiger partial charge in [-0.1, -0.05) is 18.2 Å². The summed E-state index contributed by atoms with van der Waals surface area (Å²) in [6, 6.07) is 7.12. The van der Waals surface area contributed by atoms with Crippen LogP contribution in [0.15, 0.2) is 24.3 Å². The Morgan fingerprint density at radius 3 is 2.24 bits per heavy atom. The fourth-order valence-electron chi connectivity index (χ4n) is 5.45. The molecule has 0 saturated heterocycles. The zero-order valence-corrected chi connectivity index (χ0v) is 12.3. The van der Waals surface area contributed by atoms with Gasteiger partial charge < -0.3 is 5.32 Å². The molecule has 1 N–H and O–H groups in total. The molecule has 4 bridgehead atoms. The van der Waals surface area contributed by atoms with Gasteiger partial charge in [0, 0.05) is 23.7 Å². The van der Waals surface area contributed by atoms with Crippen LogP contribution in [0.25, 0.3) is 0 Å². The van der Waals surface area contributed by atoms with E-state index in [4.69, 9.17) is 0 Å². The molecule has 112 valence electrons. The van der Waals surface area contributed by atoms with E-state index >= 15 is 0 Å². The Morgan fingerprint density at radius 1 is 1.10 bits per heavy atom. The average molecular weight is 286 g/mol. The van der Waals surface area contributed by atoms with Crippen molar-refractivity contribution in [1.29, 1.82) is 0 Å². The summed E-state index contributed by atoms with van der Waals surface area (Å²) >= 11 is 0. The van der Waals surface area contributed by atoms with Gasteiger partial charge in [0.1, 0.15) is 0 Å². The van der Waals surface area contributed by atoms with Gasteiger partial charge in [0.2, 0.25) is 0 Å². The molecule has 4 aliphatic carbocycles. The van der Waals surface area contributed by atoms with Crippen molar-refractivity contribution >= 4 is 5.69 Å². The van der Waals surface area contributed by atoms with Gasteiger partial charge in [-0.15, -0.1) is 0 Å². The normalized spacial score (nSPS) is 36.9. The van der Waals surface area contributed by atoms with Gasteiger partial charge in [-0.2, -0.15) is 0 Å². The summed E-state index contributed by atoms with van der Waals surface area (Å²) in [5.41, 5.74) is 1.33. The van der Waals surface area contributed by atoms with Crippen molar-refractivity contribution in [1.82, 2.24) is 5.32 Å². The highest BCUT2D eigenvalue weighted by molar-refractivity contribution is 5.39. The molecule has 1 aromatic carbocycles. The first-order valence-corrected chi connectivity index (χ1v) is 8.11. The number of nitrogens with one attached hydrogen (secondary N) is 1. The molecule has 0 unspecified atom stereocenters. The summed E-state index contributed by atoms with van der Waals surface area (Å²) in [5.74, 6) is 2.69. The molecule has 0 amide bonds. The van der Waals surface area contributed by atoms with E-state index in [0.29, 0.717) is 6.54 Å². The van der Waals surface area contributed by atoms with E-state index in [1.54, 1.807) is 12.1 Å². The number of para-hydroxylation sites is 1. The number of nitro groups is 1. The minimum Gasteiger partial charge on any atom is -0.307 e. The summed E-state index contributed by atoms with van der Waals surface area (Å²) in [6.07, 6.45) is 8.10. The third kappa shape index (κ3) is 2.35. The van der Waals surface area contributed by atoms with Crippen molar-refractivity contribution < 1.29 is 4.92 Å². The SMILES string of the molecule is O=[N+]([O-])c1ccccc1CNC12CC3CC(CC(C3)C1)C2. The van der Waals surface area contributed by atoms with E-state index in [9.17, 15) is 10.1 Å². The van der Waals surface area contributed by atoms with Crippen LogP contribution in [0.5, 0.6) is 0 Å². The van der Waals surface area contributed by atoms with Gasteiger partial charge in [0.05, 0.1) is 4.92 Å². The quantitative estimate of drug-likeness (QED) is 0.679. The zero-order chi connectivity index (χ0) is 14.4. The maximum atomic E-state index is 11.1. The predicted octanol–water partition coefficient (Wildman–Crippen LogP) is 3.65. The van der Waals surface area contributed by atoms with E-state index in [0.717, 1.165) is 23.3 Å². The molecular formula is C17H22N2O2. The van der Waals surface area contributed by atoms with Crippen molar-refractivity contribution in [2.75, 3.05) is 0 Å². The first-order valence-electron chi connectivity index (χ1n) is 8.11. The predicted molar refractivity (Wildman–Crippen MR) is 80.8 cm³/mol. The number of nitro benzene ring substituents is 1. The van der Waals surface area contributed by atoms with E-state index in [1.165, 1.54) is 38.5 Å². The van der Waals surface area contributed by atoms with Crippen molar-refractivity contribution in [2.45, 2.75) is 50.6 Å². The van der Waals surface area contributed by atoms with Crippen molar-refractivity contribution in [3.8, 4) is 0 Å². The number of nitrogens with zero attached hydrogens (tertiary/aromatic N) is 1. The van der Waals surface area contributed by atoms with Gasteiger partial charge in [0.25, 0.3) is 5.69 Å². The molecule has 4 nitrogen and oxygen atoms in total. The number of hydrogen-bond acceptors (Lipinski definition) is 3. The Kier molecular flexibility index (Phi) is 3.03. The molecule has 4 saturated carbocycles. The van der Waals surface area contributed by atoms with Crippen LogP contribution in [0.3, 0.4) is 0 Å². The van der Waals surface area contributed by atoms with E-state index in [1.807, 2.05) is 12.1 Å². The van der Waals surface area contributed by atoms with Crippen LogP contribution in [0, 0.1) is 27.9 Å². The van der Waals surface area contributed by atoms with E-state index < -0.39 is 0 Å². The third-order valence-corrected chi connectivity index (χ3v) is 5.88. The fourth-order valence-corrected chi connectivity index (χ4v) is 5.45. The molecule has 0 radical (unpaired) electrons. The van der Waals surface area contributed by atoms with Gasteiger partial charge in [0.15, 0.2) is 0 Å². The molecule has 21 heavy (non-hydrogen) atoms. The lowest BCUT2D eigenvalue weighted by molar-refractivity contribution is -0.385. The maximum Gasteiger partial charge on any atom is 0.273 e. The second-order valence-electron chi connectivity index (χ2n) is 7.44. The second-order valence-corrected chi connectivity index (χ2v) is 7.44. The maximum absolute atomic E-state index is 11.1. The monoisotopic (exact) mass is 286 g/mol. The van der Waals surface area contributed by atoms with Gasteiger partial charge in [-0.05, 0) is 56.3 Å². The molecule has 1 aromatic rings. The zero-order valence-electron chi connectivity index (χ0n) is 12.3. The molecule has 4 aliphatic rings. The van der Waals surface area contributed by atoms with E-state index in [2.05, 4.69) is 5.32 Å². The molecule has 0 aliphatic heterocycles. The Hall–Kier alpha value is -1.42. The highest BCUT2D eigenvalue weighted by Gasteiger charge is 2.50. The lowest BCUT2D eigenvalue weighted by Gasteiger charge is -2.57. The highest BCUT2D eigenvalue weighted by atomic mass is 16.6. The van der Waals surface area contributed by atoms with Crippen molar-refractivity contribution in [3.63, 3.8) is 0 Å². The Balaban J connectivity index is 1.51. The highest BCUT2D eigenvalue weighted by Crippen LogP contribution is 2.55. The Bertz CT molecular complexity index is 534. The molecular weight excluding hydrogens is 264 g/mol. The van der Waals surface area contributed by atoms with Gasteiger partial charge >= 0.3 is 0 Å². The Labute approximate surface area is 125 Å². The summed E-state index contributed by atoms with van der Waals surface area (Å²) in [7, 11) is 0.